The SMILES string of the molecule is CCC(CC)N(CCOC)c1ccc(C(=O)O)cc1Cl. The van der Waals surface area contributed by atoms with Crippen LogP contribution in [0.5, 0.6) is 0 Å². The molecule has 1 aromatic rings. The Hall–Kier alpha value is -1.26. The molecule has 0 aliphatic carbocycles. The summed E-state index contributed by atoms with van der Waals surface area (Å²) in [6.45, 7) is 5.60. The first-order valence-electron chi connectivity index (χ1n) is 6.83. The van der Waals surface area contributed by atoms with E-state index in [1.165, 1.54) is 6.07 Å². The van der Waals surface area contributed by atoms with Gasteiger partial charge in [-0.15, -0.1) is 0 Å². The number of hydrogen-bond donors (Lipinski definition) is 1. The molecular formula is C15H22ClNO3. The molecule has 0 unspecified atom stereocenters. The molecule has 0 saturated heterocycles. The summed E-state index contributed by atoms with van der Waals surface area (Å²) < 4.78 is 5.16. The average molecular weight is 300 g/mol. The number of rotatable bonds is 8. The van der Waals surface area contributed by atoms with Crippen molar-refractivity contribution in [1.82, 2.24) is 0 Å². The lowest BCUT2D eigenvalue weighted by molar-refractivity contribution is 0.0697. The van der Waals surface area contributed by atoms with Crippen molar-refractivity contribution >= 4 is 23.3 Å². The van der Waals surface area contributed by atoms with Gasteiger partial charge in [-0.3, -0.25) is 0 Å². The molecule has 0 heterocycles. The highest BCUT2D eigenvalue weighted by Gasteiger charge is 2.19. The molecule has 20 heavy (non-hydrogen) atoms. The minimum Gasteiger partial charge on any atom is -0.478 e. The van der Waals surface area contributed by atoms with Crippen molar-refractivity contribution < 1.29 is 14.6 Å². The number of carbonyl (C=O) groups is 1. The van der Waals surface area contributed by atoms with E-state index >= 15 is 0 Å². The second-order valence-corrected chi connectivity index (χ2v) is 5.04. The molecule has 0 radical (unpaired) electrons. The van der Waals surface area contributed by atoms with Crippen LogP contribution in [0.3, 0.4) is 0 Å². The van der Waals surface area contributed by atoms with E-state index in [0.717, 1.165) is 25.1 Å². The molecule has 0 saturated carbocycles. The molecule has 0 bridgehead atoms. The van der Waals surface area contributed by atoms with Crippen molar-refractivity contribution in [3.8, 4) is 0 Å². The van der Waals surface area contributed by atoms with Gasteiger partial charge in [0.1, 0.15) is 0 Å². The highest BCUT2D eigenvalue weighted by Crippen LogP contribution is 2.30. The summed E-state index contributed by atoms with van der Waals surface area (Å²) in [6, 6.07) is 5.23. The van der Waals surface area contributed by atoms with Crippen molar-refractivity contribution in [1.29, 1.82) is 0 Å². The Balaban J connectivity index is 3.09. The summed E-state index contributed by atoms with van der Waals surface area (Å²) in [5.74, 6) is -0.968. The number of carboxylic acid groups (broad SMARTS) is 1. The first-order valence-corrected chi connectivity index (χ1v) is 7.21. The number of hydrogen-bond acceptors (Lipinski definition) is 3. The minimum atomic E-state index is -0.968. The Morgan fingerprint density at radius 1 is 1.40 bits per heavy atom. The molecule has 1 rings (SSSR count). The summed E-state index contributed by atoms with van der Waals surface area (Å²) in [4.78, 5) is 13.2. The summed E-state index contributed by atoms with van der Waals surface area (Å²) in [5.41, 5.74) is 1.07. The molecule has 0 atom stereocenters. The number of nitrogens with zero attached hydrogens (tertiary/aromatic N) is 1. The van der Waals surface area contributed by atoms with Crippen LogP contribution in [0.4, 0.5) is 5.69 Å². The average Bonchev–Trinajstić information content (AvgIpc) is 2.43. The molecule has 0 aliphatic heterocycles. The van der Waals surface area contributed by atoms with E-state index in [1.807, 2.05) is 0 Å². The maximum atomic E-state index is 11.0. The predicted octanol–water partition coefficient (Wildman–Crippen LogP) is 3.68. The number of ether oxygens (including phenoxy) is 1. The van der Waals surface area contributed by atoms with Crippen molar-refractivity contribution in [3.63, 3.8) is 0 Å². The zero-order valence-corrected chi connectivity index (χ0v) is 13.0. The highest BCUT2D eigenvalue weighted by atomic mass is 35.5. The fourth-order valence-electron chi connectivity index (χ4n) is 2.29. The van der Waals surface area contributed by atoms with Crippen LogP contribution in [0, 0.1) is 0 Å². The topological polar surface area (TPSA) is 49.8 Å². The van der Waals surface area contributed by atoms with Crippen LogP contribution < -0.4 is 4.90 Å². The van der Waals surface area contributed by atoms with Gasteiger partial charge in [-0.1, -0.05) is 25.4 Å². The molecule has 5 heteroatoms. The Labute approximate surface area is 125 Å². The van der Waals surface area contributed by atoms with Gasteiger partial charge >= 0.3 is 5.97 Å². The summed E-state index contributed by atoms with van der Waals surface area (Å²) >= 11 is 6.26. The lowest BCUT2D eigenvalue weighted by Crippen LogP contribution is -2.37. The standard InChI is InChI=1S/C15H22ClNO3/c1-4-12(5-2)17(8-9-20-3)14-7-6-11(15(18)19)10-13(14)16/h6-7,10,12H,4-5,8-9H2,1-3H3,(H,18,19). The molecule has 0 spiro atoms. The molecule has 0 aromatic heterocycles. The van der Waals surface area contributed by atoms with Crippen LogP contribution in [-0.2, 0) is 4.74 Å². The molecule has 1 aromatic carbocycles. The monoisotopic (exact) mass is 299 g/mol. The number of carboxylic acids is 1. The lowest BCUT2D eigenvalue weighted by Gasteiger charge is -2.33. The van der Waals surface area contributed by atoms with Gasteiger partial charge in [0, 0.05) is 19.7 Å². The number of anilines is 1. The highest BCUT2D eigenvalue weighted by molar-refractivity contribution is 6.33. The van der Waals surface area contributed by atoms with E-state index in [9.17, 15) is 4.79 Å². The van der Waals surface area contributed by atoms with Crippen LogP contribution in [0.25, 0.3) is 0 Å². The second kappa shape index (κ2) is 8.12. The molecule has 0 amide bonds. The minimum absolute atomic E-state index is 0.204. The lowest BCUT2D eigenvalue weighted by atomic mass is 10.1. The maximum absolute atomic E-state index is 11.0. The number of methoxy groups -OCH3 is 1. The van der Waals surface area contributed by atoms with E-state index in [2.05, 4.69) is 18.7 Å². The Kier molecular flexibility index (Phi) is 6.82. The van der Waals surface area contributed by atoms with E-state index in [-0.39, 0.29) is 5.56 Å². The van der Waals surface area contributed by atoms with E-state index in [4.69, 9.17) is 21.4 Å². The smallest absolute Gasteiger partial charge is 0.335 e. The Morgan fingerprint density at radius 3 is 2.50 bits per heavy atom. The first kappa shape index (κ1) is 16.8. The maximum Gasteiger partial charge on any atom is 0.335 e. The van der Waals surface area contributed by atoms with E-state index in [1.54, 1.807) is 19.2 Å². The summed E-state index contributed by atoms with van der Waals surface area (Å²) in [6.07, 6.45) is 1.99. The molecule has 4 nitrogen and oxygen atoms in total. The summed E-state index contributed by atoms with van der Waals surface area (Å²) in [7, 11) is 1.67. The third-order valence-corrected chi connectivity index (χ3v) is 3.73. The van der Waals surface area contributed by atoms with Crippen LogP contribution in [0.2, 0.25) is 5.02 Å². The number of halogens is 1. The largest absolute Gasteiger partial charge is 0.478 e. The first-order chi connectivity index (χ1) is 9.54. The zero-order chi connectivity index (χ0) is 15.1. The van der Waals surface area contributed by atoms with Crippen molar-refractivity contribution in [2.75, 3.05) is 25.2 Å². The third kappa shape index (κ3) is 4.12. The van der Waals surface area contributed by atoms with E-state index < -0.39 is 5.97 Å². The Bertz CT molecular complexity index is 447. The van der Waals surface area contributed by atoms with Crippen molar-refractivity contribution in [3.05, 3.63) is 28.8 Å². The van der Waals surface area contributed by atoms with Gasteiger partial charge in [0.25, 0.3) is 0 Å². The van der Waals surface area contributed by atoms with Gasteiger partial charge in [0.05, 0.1) is 22.9 Å². The Morgan fingerprint density at radius 2 is 2.05 bits per heavy atom. The van der Waals surface area contributed by atoms with Gasteiger partial charge in [-0.05, 0) is 31.0 Å². The van der Waals surface area contributed by atoms with Crippen LogP contribution in [-0.4, -0.2) is 37.4 Å². The predicted molar refractivity (Wildman–Crippen MR) is 82.0 cm³/mol. The zero-order valence-electron chi connectivity index (χ0n) is 12.2. The van der Waals surface area contributed by atoms with Gasteiger partial charge < -0.3 is 14.7 Å². The van der Waals surface area contributed by atoms with Crippen molar-refractivity contribution in [2.24, 2.45) is 0 Å². The number of aromatic carboxylic acids is 1. The molecule has 0 fully saturated rings. The van der Waals surface area contributed by atoms with E-state index in [0.29, 0.717) is 17.7 Å². The molecular weight excluding hydrogens is 278 g/mol. The van der Waals surface area contributed by atoms with Crippen molar-refractivity contribution in [2.45, 2.75) is 32.7 Å². The molecule has 112 valence electrons. The molecule has 0 aliphatic rings. The molecule has 1 N–H and O–H groups in total. The normalized spacial score (nSPS) is 10.8. The van der Waals surface area contributed by atoms with Gasteiger partial charge in [-0.2, -0.15) is 0 Å². The van der Waals surface area contributed by atoms with Crippen LogP contribution in [0.1, 0.15) is 37.0 Å². The summed E-state index contributed by atoms with van der Waals surface area (Å²) in [5, 5.41) is 9.46. The fourth-order valence-corrected chi connectivity index (χ4v) is 2.58. The van der Waals surface area contributed by atoms with Crippen LogP contribution >= 0.6 is 11.6 Å². The second-order valence-electron chi connectivity index (χ2n) is 4.63. The van der Waals surface area contributed by atoms with Gasteiger partial charge in [0.2, 0.25) is 0 Å². The van der Waals surface area contributed by atoms with Gasteiger partial charge in [-0.25, -0.2) is 4.79 Å². The number of benzene rings is 1. The fraction of sp³-hybridized carbons (Fsp3) is 0.533. The van der Waals surface area contributed by atoms with Crippen LogP contribution in [0.15, 0.2) is 18.2 Å². The quantitative estimate of drug-likeness (QED) is 0.795. The third-order valence-electron chi connectivity index (χ3n) is 3.42. The van der Waals surface area contributed by atoms with Gasteiger partial charge in [0.15, 0.2) is 0 Å².